The van der Waals surface area contributed by atoms with Crippen LogP contribution in [0.25, 0.3) is 0 Å². The van der Waals surface area contributed by atoms with E-state index in [2.05, 4.69) is 9.71 Å². The summed E-state index contributed by atoms with van der Waals surface area (Å²) in [5.74, 6) is 0. The number of hydrogen-bond donors (Lipinski definition) is 1. The number of aromatic nitrogens is 1. The van der Waals surface area contributed by atoms with Gasteiger partial charge in [0, 0.05) is 11.4 Å². The molecule has 0 aliphatic heterocycles. The zero-order chi connectivity index (χ0) is 9.90. The first-order chi connectivity index (χ1) is 6.05. The molecule has 74 valence electrons. The van der Waals surface area contributed by atoms with Crippen molar-refractivity contribution in [1.29, 1.82) is 0 Å². The highest BCUT2D eigenvalue weighted by Gasteiger charge is 2.09. The van der Waals surface area contributed by atoms with Gasteiger partial charge in [0.15, 0.2) is 0 Å². The van der Waals surface area contributed by atoms with Crippen LogP contribution in [0.4, 0.5) is 0 Å². The Bertz CT molecular complexity index is 374. The highest BCUT2D eigenvalue weighted by molar-refractivity contribution is 7.90. The topological polar surface area (TPSA) is 59.1 Å². The van der Waals surface area contributed by atoms with Crippen LogP contribution < -0.4 is 4.72 Å². The second kappa shape index (κ2) is 4.36. The SMILES string of the molecule is Cc1ncsc1CNS(=O)(=O)CCl. The zero-order valence-corrected chi connectivity index (χ0v) is 9.34. The van der Waals surface area contributed by atoms with Crippen LogP contribution in [0.2, 0.25) is 0 Å². The van der Waals surface area contributed by atoms with Gasteiger partial charge in [0.25, 0.3) is 0 Å². The quantitative estimate of drug-likeness (QED) is 0.801. The summed E-state index contributed by atoms with van der Waals surface area (Å²) in [7, 11) is -3.32. The summed E-state index contributed by atoms with van der Waals surface area (Å²) in [6, 6.07) is 0. The Balaban J connectivity index is 2.58. The van der Waals surface area contributed by atoms with Gasteiger partial charge in [-0.3, -0.25) is 0 Å². The van der Waals surface area contributed by atoms with Gasteiger partial charge in [0.05, 0.1) is 11.2 Å². The zero-order valence-electron chi connectivity index (χ0n) is 6.95. The van der Waals surface area contributed by atoms with E-state index in [9.17, 15) is 8.42 Å². The highest BCUT2D eigenvalue weighted by atomic mass is 35.5. The summed E-state index contributed by atoms with van der Waals surface area (Å²) in [5, 5.41) is -0.412. The molecule has 0 amide bonds. The molecular formula is C6H9ClN2O2S2. The standard InChI is InChI=1S/C6H9ClN2O2S2/c1-5-6(12-4-8-5)2-9-13(10,11)3-7/h4,9H,2-3H2,1H3. The Hall–Kier alpha value is -0.170. The van der Waals surface area contributed by atoms with Crippen molar-refractivity contribution in [3.63, 3.8) is 0 Å². The number of thiazole rings is 1. The first kappa shape index (κ1) is 10.9. The van der Waals surface area contributed by atoms with Crippen molar-refractivity contribution < 1.29 is 8.42 Å². The van der Waals surface area contributed by atoms with E-state index in [-0.39, 0.29) is 6.54 Å². The molecule has 1 rings (SSSR count). The maximum absolute atomic E-state index is 10.9. The van der Waals surface area contributed by atoms with Crippen LogP contribution in [0.5, 0.6) is 0 Å². The van der Waals surface area contributed by atoms with Gasteiger partial charge >= 0.3 is 0 Å². The minimum Gasteiger partial charge on any atom is -0.250 e. The lowest BCUT2D eigenvalue weighted by Gasteiger charge is -2.01. The van der Waals surface area contributed by atoms with E-state index in [1.807, 2.05) is 6.92 Å². The van der Waals surface area contributed by atoms with Gasteiger partial charge in [-0.1, -0.05) is 0 Å². The summed E-state index contributed by atoms with van der Waals surface area (Å²) in [6.07, 6.45) is 0. The summed E-state index contributed by atoms with van der Waals surface area (Å²) in [4.78, 5) is 4.90. The van der Waals surface area contributed by atoms with Crippen molar-refractivity contribution in [3.05, 3.63) is 16.1 Å². The Labute approximate surface area is 86.0 Å². The third kappa shape index (κ3) is 3.22. The minimum absolute atomic E-state index is 0.269. The lowest BCUT2D eigenvalue weighted by Crippen LogP contribution is -2.23. The van der Waals surface area contributed by atoms with E-state index in [0.717, 1.165) is 10.6 Å². The van der Waals surface area contributed by atoms with Gasteiger partial charge in [-0.2, -0.15) is 0 Å². The molecule has 1 heterocycles. The molecule has 0 aliphatic carbocycles. The fourth-order valence-corrected chi connectivity index (χ4v) is 2.19. The lowest BCUT2D eigenvalue weighted by atomic mass is 10.4. The molecule has 1 aromatic rings. The van der Waals surface area contributed by atoms with Crippen LogP contribution in [0.3, 0.4) is 0 Å². The van der Waals surface area contributed by atoms with Gasteiger partial charge in [-0.25, -0.2) is 18.1 Å². The Morgan fingerprint density at radius 1 is 1.69 bits per heavy atom. The molecule has 0 bridgehead atoms. The Morgan fingerprint density at radius 3 is 2.85 bits per heavy atom. The van der Waals surface area contributed by atoms with Crippen molar-refractivity contribution in [2.75, 3.05) is 5.21 Å². The van der Waals surface area contributed by atoms with Gasteiger partial charge in [0.1, 0.15) is 5.21 Å². The fourth-order valence-electron chi connectivity index (χ4n) is 0.710. The molecule has 1 N–H and O–H groups in total. The smallest absolute Gasteiger partial charge is 0.225 e. The van der Waals surface area contributed by atoms with Gasteiger partial charge < -0.3 is 0 Å². The number of rotatable bonds is 4. The van der Waals surface area contributed by atoms with Crippen LogP contribution in [0, 0.1) is 6.92 Å². The largest absolute Gasteiger partial charge is 0.250 e. The van der Waals surface area contributed by atoms with Crippen LogP contribution in [-0.2, 0) is 16.6 Å². The maximum atomic E-state index is 10.9. The summed E-state index contributed by atoms with van der Waals surface area (Å²) < 4.78 is 24.3. The molecule has 0 saturated heterocycles. The van der Waals surface area contributed by atoms with Gasteiger partial charge in [-0.15, -0.1) is 22.9 Å². The predicted molar refractivity (Wildman–Crippen MR) is 53.3 cm³/mol. The molecule has 0 radical (unpaired) electrons. The van der Waals surface area contributed by atoms with Crippen molar-refractivity contribution >= 4 is 33.0 Å². The van der Waals surface area contributed by atoms with Crippen molar-refractivity contribution in [2.24, 2.45) is 0 Å². The molecule has 0 saturated carbocycles. The maximum Gasteiger partial charge on any atom is 0.225 e. The van der Waals surface area contributed by atoms with Crippen LogP contribution in [-0.4, -0.2) is 18.6 Å². The first-order valence-electron chi connectivity index (χ1n) is 3.47. The number of alkyl halides is 1. The van der Waals surface area contributed by atoms with Crippen molar-refractivity contribution in [1.82, 2.24) is 9.71 Å². The number of hydrogen-bond acceptors (Lipinski definition) is 4. The van der Waals surface area contributed by atoms with Gasteiger partial charge in [0.2, 0.25) is 10.0 Å². The molecule has 0 spiro atoms. The van der Waals surface area contributed by atoms with Crippen molar-refractivity contribution in [3.8, 4) is 0 Å². The van der Waals surface area contributed by atoms with Crippen LogP contribution >= 0.6 is 22.9 Å². The summed E-state index contributed by atoms with van der Waals surface area (Å²) in [5.41, 5.74) is 2.53. The van der Waals surface area contributed by atoms with Crippen LogP contribution in [0.1, 0.15) is 10.6 Å². The Kier molecular flexibility index (Phi) is 3.66. The van der Waals surface area contributed by atoms with Gasteiger partial charge in [-0.05, 0) is 6.92 Å². The molecule has 13 heavy (non-hydrogen) atoms. The average Bonchev–Trinajstić information content (AvgIpc) is 2.48. The molecule has 1 aromatic heterocycles. The number of aryl methyl sites for hydroxylation is 1. The third-order valence-corrected chi connectivity index (χ3v) is 4.11. The fraction of sp³-hybridized carbons (Fsp3) is 0.500. The minimum atomic E-state index is -3.32. The lowest BCUT2D eigenvalue weighted by molar-refractivity contribution is 0.586. The van der Waals surface area contributed by atoms with E-state index >= 15 is 0 Å². The highest BCUT2D eigenvalue weighted by Crippen LogP contribution is 2.11. The molecule has 4 nitrogen and oxygen atoms in total. The monoisotopic (exact) mass is 240 g/mol. The predicted octanol–water partition coefficient (Wildman–Crippen LogP) is 1.07. The van der Waals surface area contributed by atoms with E-state index < -0.39 is 15.2 Å². The van der Waals surface area contributed by atoms with E-state index in [4.69, 9.17) is 11.6 Å². The number of sulfonamides is 1. The second-order valence-corrected chi connectivity index (χ2v) is 5.74. The average molecular weight is 241 g/mol. The molecular weight excluding hydrogens is 232 g/mol. The van der Waals surface area contributed by atoms with E-state index in [1.54, 1.807) is 5.51 Å². The van der Waals surface area contributed by atoms with E-state index in [0.29, 0.717) is 0 Å². The molecule has 0 unspecified atom stereocenters. The number of nitrogens with zero attached hydrogens (tertiary/aromatic N) is 1. The Morgan fingerprint density at radius 2 is 2.38 bits per heavy atom. The normalized spacial score (nSPS) is 11.8. The van der Waals surface area contributed by atoms with Crippen LogP contribution in [0.15, 0.2) is 5.51 Å². The molecule has 0 aromatic carbocycles. The second-order valence-electron chi connectivity index (χ2n) is 2.41. The number of halogens is 1. The summed E-state index contributed by atoms with van der Waals surface area (Å²) >= 11 is 6.63. The molecule has 7 heteroatoms. The third-order valence-electron chi connectivity index (χ3n) is 1.44. The molecule has 0 aliphatic rings. The number of nitrogens with one attached hydrogen (secondary N) is 1. The van der Waals surface area contributed by atoms with Crippen molar-refractivity contribution in [2.45, 2.75) is 13.5 Å². The molecule has 0 fully saturated rings. The summed E-state index contributed by atoms with van der Waals surface area (Å²) in [6.45, 7) is 2.10. The van der Waals surface area contributed by atoms with E-state index in [1.165, 1.54) is 11.3 Å². The first-order valence-corrected chi connectivity index (χ1v) is 6.54. The molecule has 0 atom stereocenters.